The van der Waals surface area contributed by atoms with Crippen molar-refractivity contribution in [2.45, 2.75) is 12.4 Å². The molecule has 0 unspecified atom stereocenters. The molecule has 0 N–H and O–H groups in total. The van der Waals surface area contributed by atoms with Crippen LogP contribution >= 0.6 is 11.6 Å². The van der Waals surface area contributed by atoms with Crippen molar-refractivity contribution in [1.29, 1.82) is 0 Å². The first kappa shape index (κ1) is 13.0. The average Bonchev–Trinajstić information content (AvgIpc) is 2.80. The lowest BCUT2D eigenvalue weighted by Crippen LogP contribution is -2.06. The van der Waals surface area contributed by atoms with Gasteiger partial charge in [0.2, 0.25) is 0 Å². The number of imidazole rings is 1. The van der Waals surface area contributed by atoms with Gasteiger partial charge in [-0.2, -0.15) is 0 Å². The third-order valence-corrected chi connectivity index (χ3v) is 3.28. The Kier molecular flexibility index (Phi) is 3.36. The van der Waals surface area contributed by atoms with Gasteiger partial charge in [-0.1, -0.05) is 6.07 Å². The molecule has 3 nitrogen and oxygen atoms in total. The molecule has 1 aromatic carbocycles. The summed E-state index contributed by atoms with van der Waals surface area (Å²) in [6.07, 6.45) is 1.64. The zero-order valence-electron chi connectivity index (χ0n) is 10.4. The summed E-state index contributed by atoms with van der Waals surface area (Å²) in [5, 5.41) is 0. The van der Waals surface area contributed by atoms with Crippen molar-refractivity contribution in [3.8, 4) is 0 Å². The Hall–Kier alpha value is -2.01. The fraction of sp³-hybridized carbons (Fsp3) is 0.143. The molecule has 0 saturated heterocycles. The van der Waals surface area contributed by atoms with E-state index < -0.39 is 11.6 Å². The lowest BCUT2D eigenvalue weighted by molar-refractivity contribution is 0.566. The number of fused-ring (bicyclic) bond motifs is 1. The number of aromatic nitrogens is 3. The molecule has 0 aliphatic heterocycles. The van der Waals surface area contributed by atoms with Crippen molar-refractivity contribution in [1.82, 2.24) is 14.5 Å². The number of hydrogen-bond acceptors (Lipinski definition) is 2. The van der Waals surface area contributed by atoms with Gasteiger partial charge >= 0.3 is 0 Å². The third kappa shape index (κ3) is 2.25. The molecule has 2 heterocycles. The summed E-state index contributed by atoms with van der Waals surface area (Å²) in [4.78, 5) is 8.58. The highest BCUT2D eigenvalue weighted by Crippen LogP contribution is 2.19. The van der Waals surface area contributed by atoms with Gasteiger partial charge in [0.15, 0.2) is 5.65 Å². The Morgan fingerprint density at radius 2 is 2.05 bits per heavy atom. The summed E-state index contributed by atoms with van der Waals surface area (Å²) < 4.78 is 28.4. The van der Waals surface area contributed by atoms with E-state index in [0.717, 1.165) is 6.07 Å². The number of halogens is 3. The van der Waals surface area contributed by atoms with E-state index in [1.165, 1.54) is 12.1 Å². The molecule has 0 fully saturated rings. The van der Waals surface area contributed by atoms with E-state index in [1.54, 1.807) is 16.8 Å². The van der Waals surface area contributed by atoms with Crippen LogP contribution in [0.5, 0.6) is 0 Å². The molecule has 2 aromatic heterocycles. The second-order valence-corrected chi connectivity index (χ2v) is 4.60. The van der Waals surface area contributed by atoms with Crippen molar-refractivity contribution < 1.29 is 8.78 Å². The second-order valence-electron chi connectivity index (χ2n) is 4.33. The zero-order valence-corrected chi connectivity index (χ0v) is 11.1. The predicted octanol–water partition coefficient (Wildman–Crippen LogP) is 3.50. The van der Waals surface area contributed by atoms with Crippen LogP contribution in [-0.2, 0) is 12.4 Å². The minimum absolute atomic E-state index is 0.194. The standard InChI is InChI=1S/C14H10ClF2N3/c15-7-13-19-12-2-1-5-18-14(12)20(13)8-9-3-4-10(16)6-11(9)17/h1-6H,7-8H2. The maximum Gasteiger partial charge on any atom is 0.160 e. The highest BCUT2D eigenvalue weighted by molar-refractivity contribution is 6.16. The summed E-state index contributed by atoms with van der Waals surface area (Å²) >= 11 is 5.87. The summed E-state index contributed by atoms with van der Waals surface area (Å²) in [6.45, 7) is 0.210. The minimum Gasteiger partial charge on any atom is -0.307 e. The Bertz CT molecular complexity index is 770. The average molecular weight is 294 g/mol. The van der Waals surface area contributed by atoms with Crippen molar-refractivity contribution >= 4 is 22.8 Å². The lowest BCUT2D eigenvalue weighted by atomic mass is 10.2. The topological polar surface area (TPSA) is 30.7 Å². The van der Waals surface area contributed by atoms with Crippen LogP contribution in [0.15, 0.2) is 36.5 Å². The van der Waals surface area contributed by atoms with Crippen LogP contribution in [0, 0.1) is 11.6 Å². The summed E-state index contributed by atoms with van der Waals surface area (Å²) in [5.74, 6) is -0.399. The number of hydrogen-bond donors (Lipinski definition) is 0. The molecule has 3 rings (SSSR count). The largest absolute Gasteiger partial charge is 0.307 e. The molecule has 20 heavy (non-hydrogen) atoms. The Balaban J connectivity index is 2.09. The predicted molar refractivity (Wildman–Crippen MR) is 72.5 cm³/mol. The second kappa shape index (κ2) is 5.17. The Morgan fingerprint density at radius 1 is 1.20 bits per heavy atom. The van der Waals surface area contributed by atoms with Crippen molar-refractivity contribution in [3.63, 3.8) is 0 Å². The first-order valence-corrected chi connectivity index (χ1v) is 6.52. The molecule has 0 aliphatic carbocycles. The van der Waals surface area contributed by atoms with E-state index in [1.807, 2.05) is 6.07 Å². The van der Waals surface area contributed by atoms with E-state index in [9.17, 15) is 8.78 Å². The fourth-order valence-corrected chi connectivity index (χ4v) is 2.30. The van der Waals surface area contributed by atoms with Gasteiger partial charge in [0, 0.05) is 17.8 Å². The van der Waals surface area contributed by atoms with Gasteiger partial charge in [-0.05, 0) is 18.2 Å². The molecule has 0 spiro atoms. The maximum atomic E-state index is 13.8. The number of rotatable bonds is 3. The molecular weight excluding hydrogens is 284 g/mol. The molecule has 0 atom stereocenters. The lowest BCUT2D eigenvalue weighted by Gasteiger charge is -2.08. The molecule has 0 radical (unpaired) electrons. The summed E-state index contributed by atoms with van der Waals surface area (Å²) in [7, 11) is 0. The van der Waals surface area contributed by atoms with Crippen molar-refractivity contribution in [2.75, 3.05) is 0 Å². The summed E-state index contributed by atoms with van der Waals surface area (Å²) in [6, 6.07) is 7.09. The molecular formula is C14H10ClF2N3. The van der Waals surface area contributed by atoms with Gasteiger partial charge in [-0.15, -0.1) is 11.6 Å². The van der Waals surface area contributed by atoms with Crippen LogP contribution in [0.2, 0.25) is 0 Å². The quantitative estimate of drug-likeness (QED) is 0.692. The van der Waals surface area contributed by atoms with Gasteiger partial charge in [-0.25, -0.2) is 18.7 Å². The van der Waals surface area contributed by atoms with Gasteiger partial charge < -0.3 is 4.57 Å². The van der Waals surface area contributed by atoms with Crippen molar-refractivity contribution in [2.24, 2.45) is 0 Å². The summed E-state index contributed by atoms with van der Waals surface area (Å²) in [5.41, 5.74) is 1.69. The smallest absolute Gasteiger partial charge is 0.160 e. The molecule has 0 saturated carbocycles. The van der Waals surface area contributed by atoms with Gasteiger partial charge in [0.25, 0.3) is 0 Å². The number of nitrogens with zero attached hydrogens (tertiary/aromatic N) is 3. The highest BCUT2D eigenvalue weighted by Gasteiger charge is 2.13. The van der Waals surface area contributed by atoms with Crippen molar-refractivity contribution in [3.05, 3.63) is 59.6 Å². The first-order chi connectivity index (χ1) is 9.69. The van der Waals surface area contributed by atoms with E-state index in [0.29, 0.717) is 22.6 Å². The van der Waals surface area contributed by atoms with Crippen LogP contribution in [0.1, 0.15) is 11.4 Å². The highest BCUT2D eigenvalue weighted by atomic mass is 35.5. The molecule has 3 aromatic rings. The monoisotopic (exact) mass is 293 g/mol. The SMILES string of the molecule is Fc1ccc(Cn2c(CCl)nc3cccnc32)c(F)c1. The molecule has 0 amide bonds. The van der Waals surface area contributed by atoms with E-state index in [4.69, 9.17) is 11.6 Å². The first-order valence-electron chi connectivity index (χ1n) is 5.99. The van der Waals surface area contributed by atoms with Crippen LogP contribution in [0.3, 0.4) is 0 Å². The van der Waals surface area contributed by atoms with Crippen LogP contribution in [0.25, 0.3) is 11.2 Å². The molecule has 0 bridgehead atoms. The molecule has 0 aliphatic rings. The number of alkyl halides is 1. The zero-order chi connectivity index (χ0) is 14.1. The van der Waals surface area contributed by atoms with E-state index in [2.05, 4.69) is 9.97 Å². The van der Waals surface area contributed by atoms with Gasteiger partial charge in [0.1, 0.15) is 23.0 Å². The fourth-order valence-electron chi connectivity index (χ4n) is 2.09. The van der Waals surface area contributed by atoms with E-state index in [-0.39, 0.29) is 12.4 Å². The van der Waals surface area contributed by atoms with E-state index >= 15 is 0 Å². The minimum atomic E-state index is -0.600. The normalized spacial score (nSPS) is 11.2. The number of benzene rings is 1. The van der Waals surface area contributed by atoms with Crippen LogP contribution in [0.4, 0.5) is 8.78 Å². The number of pyridine rings is 1. The Labute approximate surface area is 118 Å². The van der Waals surface area contributed by atoms with Crippen LogP contribution < -0.4 is 0 Å². The third-order valence-electron chi connectivity index (χ3n) is 3.05. The van der Waals surface area contributed by atoms with Gasteiger partial charge in [-0.3, -0.25) is 0 Å². The molecule has 6 heteroatoms. The van der Waals surface area contributed by atoms with Gasteiger partial charge in [0.05, 0.1) is 12.4 Å². The molecule has 102 valence electrons. The maximum absolute atomic E-state index is 13.8. The van der Waals surface area contributed by atoms with Crippen LogP contribution in [-0.4, -0.2) is 14.5 Å². The Morgan fingerprint density at radius 3 is 2.80 bits per heavy atom.